The summed E-state index contributed by atoms with van der Waals surface area (Å²) in [5, 5.41) is 0. The number of hydrogen-bond acceptors (Lipinski definition) is 5. The van der Waals surface area contributed by atoms with Gasteiger partial charge in [0.2, 0.25) is 5.95 Å². The Morgan fingerprint density at radius 1 is 0.926 bits per heavy atom. The van der Waals surface area contributed by atoms with Crippen molar-refractivity contribution >= 4 is 11.6 Å². The minimum Gasteiger partial charge on any atom is -0.497 e. The summed E-state index contributed by atoms with van der Waals surface area (Å²) in [6.07, 6.45) is 0. The van der Waals surface area contributed by atoms with Gasteiger partial charge < -0.3 is 14.5 Å². The molecule has 0 aliphatic carbocycles. The topological polar surface area (TPSA) is 61.5 Å². The van der Waals surface area contributed by atoms with E-state index in [1.165, 1.54) is 0 Å². The average molecular weight is 362 g/mol. The number of aromatic nitrogens is 2. The van der Waals surface area contributed by atoms with E-state index in [0.717, 1.165) is 43.2 Å². The number of nitrogens with zero attached hydrogens (tertiary/aromatic N) is 3. The fourth-order valence-electron chi connectivity index (χ4n) is 3.33. The molecule has 4 rings (SSSR count). The molecule has 0 bridgehead atoms. The van der Waals surface area contributed by atoms with Crippen LogP contribution in [0.4, 0.5) is 11.6 Å². The molecule has 0 radical (unpaired) electrons. The Hall–Kier alpha value is -3.28. The second-order valence-corrected chi connectivity index (χ2v) is 6.50. The van der Waals surface area contributed by atoms with Gasteiger partial charge in [-0.2, -0.15) is 0 Å². The van der Waals surface area contributed by atoms with E-state index in [9.17, 15) is 4.79 Å². The maximum absolute atomic E-state index is 12.1. The first-order valence-corrected chi connectivity index (χ1v) is 9.04. The third-order valence-electron chi connectivity index (χ3n) is 4.80. The SMILES string of the molecule is COc1cccc(N2CCN(c3nc(-c4ccccc4)cc(=O)[nH]3)CC2)c1. The van der Waals surface area contributed by atoms with Gasteiger partial charge in [-0.25, -0.2) is 4.98 Å². The summed E-state index contributed by atoms with van der Waals surface area (Å²) in [5.41, 5.74) is 2.66. The highest BCUT2D eigenvalue weighted by Crippen LogP contribution is 2.23. The van der Waals surface area contributed by atoms with Crippen molar-refractivity contribution in [2.24, 2.45) is 0 Å². The molecule has 1 aliphatic heterocycles. The van der Waals surface area contributed by atoms with Crippen molar-refractivity contribution < 1.29 is 4.74 Å². The Labute approximate surface area is 158 Å². The summed E-state index contributed by atoms with van der Waals surface area (Å²) in [4.78, 5) is 24.1. The molecule has 6 nitrogen and oxygen atoms in total. The first kappa shape index (κ1) is 17.1. The summed E-state index contributed by atoms with van der Waals surface area (Å²) < 4.78 is 5.32. The molecule has 1 aliphatic rings. The monoisotopic (exact) mass is 362 g/mol. The second-order valence-electron chi connectivity index (χ2n) is 6.50. The molecule has 0 spiro atoms. The van der Waals surface area contributed by atoms with Crippen LogP contribution in [0.1, 0.15) is 0 Å². The van der Waals surface area contributed by atoms with Gasteiger partial charge in [-0.1, -0.05) is 36.4 Å². The van der Waals surface area contributed by atoms with Crippen molar-refractivity contribution in [1.29, 1.82) is 0 Å². The van der Waals surface area contributed by atoms with Crippen LogP contribution in [0.2, 0.25) is 0 Å². The van der Waals surface area contributed by atoms with Crippen LogP contribution in [-0.4, -0.2) is 43.3 Å². The van der Waals surface area contributed by atoms with Crippen LogP contribution in [0.25, 0.3) is 11.3 Å². The summed E-state index contributed by atoms with van der Waals surface area (Å²) in [7, 11) is 1.68. The van der Waals surface area contributed by atoms with Crippen LogP contribution >= 0.6 is 0 Å². The second kappa shape index (κ2) is 7.53. The molecule has 1 N–H and O–H groups in total. The highest BCUT2D eigenvalue weighted by molar-refractivity contribution is 5.60. The zero-order valence-corrected chi connectivity index (χ0v) is 15.3. The molecule has 0 saturated carbocycles. The van der Waals surface area contributed by atoms with Gasteiger partial charge in [-0.15, -0.1) is 0 Å². The lowest BCUT2D eigenvalue weighted by molar-refractivity contribution is 0.414. The molecule has 1 aromatic heterocycles. The number of H-pyrrole nitrogens is 1. The van der Waals surface area contributed by atoms with Crippen LogP contribution in [0.15, 0.2) is 65.5 Å². The number of aromatic amines is 1. The highest BCUT2D eigenvalue weighted by Gasteiger charge is 2.20. The van der Waals surface area contributed by atoms with Crippen molar-refractivity contribution in [3.63, 3.8) is 0 Å². The number of ether oxygens (including phenoxy) is 1. The van der Waals surface area contributed by atoms with Crippen molar-refractivity contribution in [2.45, 2.75) is 0 Å². The lowest BCUT2D eigenvalue weighted by atomic mass is 10.1. The molecule has 1 fully saturated rings. The Morgan fingerprint density at radius 2 is 1.67 bits per heavy atom. The molecule has 0 amide bonds. The highest BCUT2D eigenvalue weighted by atomic mass is 16.5. The van der Waals surface area contributed by atoms with E-state index in [2.05, 4.69) is 25.8 Å². The maximum atomic E-state index is 12.1. The predicted octanol–water partition coefficient (Wildman–Crippen LogP) is 2.77. The normalized spacial score (nSPS) is 14.3. The zero-order chi connectivity index (χ0) is 18.6. The summed E-state index contributed by atoms with van der Waals surface area (Å²) >= 11 is 0. The molecule has 3 aromatic rings. The number of piperazine rings is 1. The van der Waals surface area contributed by atoms with Crippen molar-refractivity contribution in [1.82, 2.24) is 9.97 Å². The summed E-state index contributed by atoms with van der Waals surface area (Å²) in [5.74, 6) is 1.49. The standard InChI is InChI=1S/C21H22N4O2/c1-27-18-9-5-8-17(14-18)24-10-12-25(13-11-24)21-22-19(15-20(26)23-21)16-6-3-2-4-7-16/h2-9,14-15H,10-13H2,1H3,(H,22,23,26). The van der Waals surface area contributed by atoms with Crippen LogP contribution in [0, 0.1) is 0 Å². The number of nitrogens with one attached hydrogen (secondary N) is 1. The van der Waals surface area contributed by atoms with Crippen LogP contribution in [0.3, 0.4) is 0 Å². The van der Waals surface area contributed by atoms with Crippen LogP contribution in [0.5, 0.6) is 5.75 Å². The van der Waals surface area contributed by atoms with Crippen molar-refractivity contribution in [3.8, 4) is 17.0 Å². The summed E-state index contributed by atoms with van der Waals surface area (Å²) in [6, 6.07) is 19.4. The van der Waals surface area contributed by atoms with Crippen LogP contribution in [-0.2, 0) is 0 Å². The van der Waals surface area contributed by atoms with E-state index >= 15 is 0 Å². The average Bonchev–Trinajstić information content (AvgIpc) is 2.74. The van der Waals surface area contributed by atoms with E-state index in [1.54, 1.807) is 13.2 Å². The van der Waals surface area contributed by atoms with Gasteiger partial charge in [0.1, 0.15) is 5.75 Å². The van der Waals surface area contributed by atoms with Gasteiger partial charge in [-0.05, 0) is 12.1 Å². The molecule has 2 heterocycles. The molecule has 0 unspecified atom stereocenters. The lowest BCUT2D eigenvalue weighted by Crippen LogP contribution is -2.47. The molecule has 6 heteroatoms. The van der Waals surface area contributed by atoms with Crippen molar-refractivity contribution in [2.75, 3.05) is 43.1 Å². The van der Waals surface area contributed by atoms with Gasteiger partial charge in [0.15, 0.2) is 0 Å². The van der Waals surface area contributed by atoms with Gasteiger partial charge in [-0.3, -0.25) is 9.78 Å². The maximum Gasteiger partial charge on any atom is 0.252 e. The quantitative estimate of drug-likeness (QED) is 0.773. The predicted molar refractivity (Wildman–Crippen MR) is 108 cm³/mol. The molecular weight excluding hydrogens is 340 g/mol. The number of rotatable bonds is 4. The first-order valence-electron chi connectivity index (χ1n) is 9.04. The number of hydrogen-bond donors (Lipinski definition) is 1. The third kappa shape index (κ3) is 3.79. The molecule has 1 saturated heterocycles. The first-order chi connectivity index (χ1) is 13.2. The zero-order valence-electron chi connectivity index (χ0n) is 15.3. The minimum absolute atomic E-state index is 0.130. The summed E-state index contributed by atoms with van der Waals surface area (Å²) in [6.45, 7) is 3.29. The van der Waals surface area contributed by atoms with Gasteiger partial charge in [0.05, 0.1) is 12.8 Å². The number of anilines is 2. The lowest BCUT2D eigenvalue weighted by Gasteiger charge is -2.36. The van der Waals surface area contributed by atoms with Gasteiger partial charge >= 0.3 is 0 Å². The molecule has 0 atom stereocenters. The molecule has 2 aromatic carbocycles. The van der Waals surface area contributed by atoms with Gasteiger partial charge in [0.25, 0.3) is 5.56 Å². The third-order valence-corrected chi connectivity index (χ3v) is 4.80. The van der Waals surface area contributed by atoms with E-state index < -0.39 is 0 Å². The Bertz CT molecular complexity index is 963. The Morgan fingerprint density at radius 3 is 2.41 bits per heavy atom. The largest absolute Gasteiger partial charge is 0.497 e. The Kier molecular flexibility index (Phi) is 4.78. The fraction of sp³-hybridized carbons (Fsp3) is 0.238. The number of methoxy groups -OCH3 is 1. The molecule has 27 heavy (non-hydrogen) atoms. The molecule has 138 valence electrons. The van der Waals surface area contributed by atoms with E-state index in [1.807, 2.05) is 48.5 Å². The smallest absolute Gasteiger partial charge is 0.252 e. The van der Waals surface area contributed by atoms with Crippen LogP contribution < -0.4 is 20.1 Å². The minimum atomic E-state index is -0.130. The van der Waals surface area contributed by atoms with E-state index in [-0.39, 0.29) is 5.56 Å². The molecular formula is C21H22N4O2. The van der Waals surface area contributed by atoms with Crippen molar-refractivity contribution in [3.05, 3.63) is 71.0 Å². The van der Waals surface area contributed by atoms with E-state index in [0.29, 0.717) is 11.6 Å². The Balaban J connectivity index is 1.51. The van der Waals surface area contributed by atoms with E-state index in [4.69, 9.17) is 4.74 Å². The fourth-order valence-corrected chi connectivity index (χ4v) is 3.33. The number of benzene rings is 2. The van der Waals surface area contributed by atoms with Gasteiger partial charge in [0, 0.05) is 49.6 Å².